The quantitative estimate of drug-likeness (QED) is 0.563. The van der Waals surface area contributed by atoms with Gasteiger partial charge in [-0.15, -0.1) is 0 Å². The van der Waals surface area contributed by atoms with Gasteiger partial charge in [0, 0.05) is 66.6 Å². The maximum Gasteiger partial charge on any atom is 0.200 e. The highest BCUT2D eigenvalue weighted by atomic mass is 19.2. The van der Waals surface area contributed by atoms with Crippen molar-refractivity contribution in [1.29, 1.82) is 0 Å². The number of aliphatic imine (C=N–C) groups is 2. The second-order valence-corrected chi connectivity index (χ2v) is 8.09. The molecule has 1 unspecified atom stereocenters. The number of halogens is 2. The molecule has 7 nitrogen and oxygen atoms in total. The summed E-state index contributed by atoms with van der Waals surface area (Å²) in [6.45, 7) is 8.18. The van der Waals surface area contributed by atoms with Crippen molar-refractivity contribution in [3.8, 4) is 5.75 Å². The van der Waals surface area contributed by atoms with E-state index in [4.69, 9.17) is 14.5 Å². The van der Waals surface area contributed by atoms with Gasteiger partial charge in [-0.1, -0.05) is 0 Å². The van der Waals surface area contributed by atoms with Gasteiger partial charge in [-0.05, 0) is 26.1 Å². The van der Waals surface area contributed by atoms with Crippen LogP contribution in [0, 0.1) is 17.6 Å². The Morgan fingerprint density at radius 2 is 2.06 bits per heavy atom. The standard InChI is InChI=1S/C24H27F2N5O2/c1-16-19(12-27-2)21(30-13-23-28-6-3-7-29-23)4-8-31(16)18-10-20(25)24(26)22(11-18)33-9-5-17-14-32-15-17/h3,6-7,10-12,16-17H,2,4-5,8-9,13-15H2,1H3/b19-12-,30-21-. The minimum atomic E-state index is -0.970. The lowest BCUT2D eigenvalue weighted by molar-refractivity contribution is -0.0402. The van der Waals surface area contributed by atoms with Crippen molar-refractivity contribution in [2.24, 2.45) is 15.9 Å². The van der Waals surface area contributed by atoms with Crippen LogP contribution in [0.2, 0.25) is 0 Å². The summed E-state index contributed by atoms with van der Waals surface area (Å²) in [6.07, 6.45) is 6.38. The molecule has 0 aliphatic carbocycles. The van der Waals surface area contributed by atoms with Crippen LogP contribution in [0.5, 0.6) is 5.75 Å². The lowest BCUT2D eigenvalue weighted by atomic mass is 9.94. The van der Waals surface area contributed by atoms with Crippen LogP contribution in [0.15, 0.2) is 52.4 Å². The van der Waals surface area contributed by atoms with Crippen molar-refractivity contribution >= 4 is 18.1 Å². The number of piperidine rings is 1. The molecule has 2 aliphatic rings. The Hall–Kier alpha value is -3.20. The van der Waals surface area contributed by atoms with Crippen LogP contribution < -0.4 is 9.64 Å². The number of aromatic nitrogens is 2. The third kappa shape index (κ3) is 5.42. The molecule has 0 saturated carbocycles. The number of anilines is 1. The van der Waals surface area contributed by atoms with Crippen LogP contribution in [0.3, 0.4) is 0 Å². The molecule has 9 heteroatoms. The van der Waals surface area contributed by atoms with Gasteiger partial charge >= 0.3 is 0 Å². The summed E-state index contributed by atoms with van der Waals surface area (Å²) in [5.74, 6) is -0.940. The molecule has 3 heterocycles. The normalized spacial score (nSPS) is 21.3. The summed E-state index contributed by atoms with van der Waals surface area (Å²) < 4.78 is 39.5. The molecule has 0 bridgehead atoms. The summed E-state index contributed by atoms with van der Waals surface area (Å²) in [5, 5.41) is 0. The fraction of sp³-hybridized carbons (Fsp3) is 0.417. The van der Waals surface area contributed by atoms with E-state index in [1.54, 1.807) is 30.7 Å². The van der Waals surface area contributed by atoms with E-state index in [1.165, 1.54) is 6.07 Å². The Balaban J connectivity index is 1.51. The van der Waals surface area contributed by atoms with Gasteiger partial charge < -0.3 is 14.4 Å². The number of rotatable bonds is 8. The molecule has 2 aliphatic heterocycles. The van der Waals surface area contributed by atoms with Crippen LogP contribution in [-0.4, -0.2) is 54.8 Å². The monoisotopic (exact) mass is 455 g/mol. The second kappa shape index (κ2) is 10.6. The molecule has 2 saturated heterocycles. The van der Waals surface area contributed by atoms with Crippen LogP contribution in [0.4, 0.5) is 14.5 Å². The van der Waals surface area contributed by atoms with Gasteiger partial charge in [0.1, 0.15) is 5.82 Å². The molecule has 1 aromatic carbocycles. The molecule has 33 heavy (non-hydrogen) atoms. The summed E-state index contributed by atoms with van der Waals surface area (Å²) in [6, 6.07) is 4.35. The van der Waals surface area contributed by atoms with Crippen molar-refractivity contribution in [3.05, 3.63) is 59.8 Å². The number of hydrogen-bond donors (Lipinski definition) is 0. The first-order chi connectivity index (χ1) is 16.1. The molecule has 0 spiro atoms. The van der Waals surface area contributed by atoms with Crippen LogP contribution >= 0.6 is 0 Å². The number of ether oxygens (including phenoxy) is 2. The molecule has 0 amide bonds. The fourth-order valence-electron chi connectivity index (χ4n) is 3.96. The first-order valence-electron chi connectivity index (χ1n) is 11.0. The number of hydrogen-bond acceptors (Lipinski definition) is 7. The first kappa shape index (κ1) is 23.0. The minimum Gasteiger partial charge on any atom is -0.490 e. The molecule has 2 aromatic rings. The highest BCUT2D eigenvalue weighted by molar-refractivity contribution is 6.03. The van der Waals surface area contributed by atoms with E-state index in [1.807, 2.05) is 11.8 Å². The number of benzene rings is 1. The molecular weight excluding hydrogens is 428 g/mol. The average Bonchev–Trinajstić information content (AvgIpc) is 2.79. The predicted molar refractivity (Wildman–Crippen MR) is 123 cm³/mol. The van der Waals surface area contributed by atoms with E-state index < -0.39 is 11.6 Å². The SMILES string of the molecule is C=N/C=C1\C(=N/Cc2ncccn2)CCN(c2cc(F)c(F)c(OCCC3COC3)c2)C1C. The second-order valence-electron chi connectivity index (χ2n) is 8.09. The highest BCUT2D eigenvalue weighted by Crippen LogP contribution is 2.33. The predicted octanol–water partition coefficient (Wildman–Crippen LogP) is 3.99. The van der Waals surface area contributed by atoms with Crippen LogP contribution in [0.25, 0.3) is 0 Å². The maximum absolute atomic E-state index is 14.4. The summed E-state index contributed by atoms with van der Waals surface area (Å²) >= 11 is 0. The Morgan fingerprint density at radius 3 is 2.76 bits per heavy atom. The Kier molecular flexibility index (Phi) is 7.39. The molecule has 1 atom stereocenters. The molecule has 2 fully saturated rings. The van der Waals surface area contributed by atoms with E-state index in [-0.39, 0.29) is 11.8 Å². The van der Waals surface area contributed by atoms with Gasteiger partial charge in [0.05, 0.1) is 32.4 Å². The maximum atomic E-state index is 14.4. The van der Waals surface area contributed by atoms with Crippen molar-refractivity contribution in [2.75, 3.05) is 31.3 Å². The summed E-state index contributed by atoms with van der Waals surface area (Å²) in [7, 11) is 0. The van der Waals surface area contributed by atoms with Crippen LogP contribution in [0.1, 0.15) is 25.6 Å². The first-order valence-corrected chi connectivity index (χ1v) is 11.0. The zero-order chi connectivity index (χ0) is 23.2. The van der Waals surface area contributed by atoms with E-state index in [0.717, 1.165) is 17.7 Å². The molecular formula is C24H27F2N5O2. The van der Waals surface area contributed by atoms with Crippen molar-refractivity contribution < 1.29 is 18.3 Å². The van der Waals surface area contributed by atoms with Gasteiger partial charge in [0.25, 0.3) is 0 Å². The zero-order valence-electron chi connectivity index (χ0n) is 18.6. The third-order valence-electron chi connectivity index (χ3n) is 5.90. The van der Waals surface area contributed by atoms with Gasteiger partial charge in [0.2, 0.25) is 5.82 Å². The zero-order valence-corrected chi connectivity index (χ0v) is 18.6. The van der Waals surface area contributed by atoms with Gasteiger partial charge in [-0.2, -0.15) is 4.39 Å². The smallest absolute Gasteiger partial charge is 0.200 e. The average molecular weight is 456 g/mol. The van der Waals surface area contributed by atoms with E-state index in [2.05, 4.69) is 21.7 Å². The molecule has 1 aromatic heterocycles. The summed E-state index contributed by atoms with van der Waals surface area (Å²) in [5.41, 5.74) is 2.29. The topological polar surface area (TPSA) is 72.2 Å². The highest BCUT2D eigenvalue weighted by Gasteiger charge is 2.29. The number of nitrogens with zero attached hydrogens (tertiary/aromatic N) is 5. The van der Waals surface area contributed by atoms with E-state index >= 15 is 0 Å². The van der Waals surface area contributed by atoms with Gasteiger partial charge in [-0.25, -0.2) is 14.4 Å². The van der Waals surface area contributed by atoms with Crippen molar-refractivity contribution in [3.63, 3.8) is 0 Å². The van der Waals surface area contributed by atoms with Gasteiger partial charge in [-0.3, -0.25) is 9.98 Å². The van der Waals surface area contributed by atoms with Crippen molar-refractivity contribution in [1.82, 2.24) is 9.97 Å². The fourth-order valence-corrected chi connectivity index (χ4v) is 3.96. The van der Waals surface area contributed by atoms with Gasteiger partial charge in [0.15, 0.2) is 11.6 Å². The lowest BCUT2D eigenvalue weighted by Crippen LogP contribution is -2.43. The molecule has 0 N–H and O–H groups in total. The largest absolute Gasteiger partial charge is 0.490 e. The van der Waals surface area contributed by atoms with E-state index in [9.17, 15) is 8.78 Å². The Bertz CT molecular complexity index is 1040. The molecule has 0 radical (unpaired) electrons. The van der Waals surface area contributed by atoms with Crippen LogP contribution in [-0.2, 0) is 11.3 Å². The van der Waals surface area contributed by atoms with Crippen molar-refractivity contribution in [2.45, 2.75) is 32.4 Å². The Morgan fingerprint density at radius 1 is 1.27 bits per heavy atom. The summed E-state index contributed by atoms with van der Waals surface area (Å²) in [4.78, 5) is 19.0. The minimum absolute atomic E-state index is 0.0782. The lowest BCUT2D eigenvalue weighted by Gasteiger charge is -2.38. The Labute approximate surface area is 191 Å². The van der Waals surface area contributed by atoms with E-state index in [0.29, 0.717) is 56.8 Å². The third-order valence-corrected chi connectivity index (χ3v) is 5.90. The molecule has 4 rings (SSSR count). The molecule has 174 valence electrons.